The van der Waals surface area contributed by atoms with Crippen molar-refractivity contribution in [2.75, 3.05) is 6.61 Å². The molecule has 40 heavy (non-hydrogen) atoms. The maximum absolute atomic E-state index is 11.1. The van der Waals surface area contributed by atoms with E-state index in [1.54, 1.807) is 12.4 Å². The molecule has 4 aromatic rings. The highest BCUT2D eigenvalue weighted by molar-refractivity contribution is 6.39. The van der Waals surface area contributed by atoms with Gasteiger partial charge >= 0.3 is 5.97 Å². The second kappa shape index (κ2) is 9.85. The van der Waals surface area contributed by atoms with Crippen molar-refractivity contribution in [3.05, 3.63) is 69.8 Å². The fourth-order valence-electron chi connectivity index (χ4n) is 6.39. The summed E-state index contributed by atoms with van der Waals surface area (Å²) in [5.74, 6) is 2.03. The van der Waals surface area contributed by atoms with E-state index in [1.165, 1.54) is 31.7 Å². The molecule has 0 radical (unpaired) electrons. The third-order valence-corrected chi connectivity index (χ3v) is 9.00. The molecule has 3 aliphatic rings. The minimum Gasteiger partial charge on any atom is -0.493 e. The number of carbonyl (C=O) groups is 1. The molecule has 3 fully saturated rings. The summed E-state index contributed by atoms with van der Waals surface area (Å²) in [6.45, 7) is 0.663. The van der Waals surface area contributed by atoms with Gasteiger partial charge in [0, 0.05) is 40.9 Å². The number of ether oxygens (including phenoxy) is 1. The number of benzene rings is 1. The Morgan fingerprint density at radius 1 is 1.10 bits per heavy atom. The number of fused-ring (bicyclic) bond motifs is 1. The number of nitrogens with zero attached hydrogens (tertiary/aromatic N) is 4. The maximum atomic E-state index is 11.1. The third-order valence-electron chi connectivity index (χ3n) is 8.43. The molecule has 3 aliphatic carbocycles. The van der Waals surface area contributed by atoms with E-state index < -0.39 is 5.97 Å². The number of aromatic carboxylic acids is 1. The lowest BCUT2D eigenvalue weighted by Gasteiger charge is -2.57. The molecule has 8 nitrogen and oxygen atoms in total. The summed E-state index contributed by atoms with van der Waals surface area (Å²) in [6.07, 6.45) is 14.5. The first-order chi connectivity index (χ1) is 19.4. The second-order valence-electron chi connectivity index (χ2n) is 11.4. The van der Waals surface area contributed by atoms with Crippen molar-refractivity contribution >= 4 is 46.2 Å². The molecule has 3 aromatic heterocycles. The fourth-order valence-corrected chi connectivity index (χ4v) is 6.93. The van der Waals surface area contributed by atoms with Crippen LogP contribution in [0.4, 0.5) is 0 Å². The number of carboxylic acid groups (broad SMARTS) is 1. The van der Waals surface area contributed by atoms with Gasteiger partial charge in [0.05, 0.1) is 22.2 Å². The van der Waals surface area contributed by atoms with Gasteiger partial charge < -0.3 is 14.4 Å². The second-order valence-corrected chi connectivity index (χ2v) is 12.2. The van der Waals surface area contributed by atoms with E-state index in [-0.39, 0.29) is 5.69 Å². The summed E-state index contributed by atoms with van der Waals surface area (Å²) in [6, 6.07) is 7.01. The summed E-state index contributed by atoms with van der Waals surface area (Å²) in [5, 5.41) is 22.9. The highest BCUT2D eigenvalue weighted by atomic mass is 35.5. The monoisotopic (exact) mass is 576 g/mol. The average Bonchev–Trinajstić information content (AvgIpc) is 3.66. The van der Waals surface area contributed by atoms with E-state index in [1.807, 2.05) is 18.2 Å². The molecule has 1 spiro atoms. The molecule has 3 heterocycles. The first-order valence-electron chi connectivity index (χ1n) is 13.5. The van der Waals surface area contributed by atoms with Gasteiger partial charge in [-0.15, -0.1) is 10.2 Å². The Kier molecular flexibility index (Phi) is 6.28. The van der Waals surface area contributed by atoms with Gasteiger partial charge in [-0.3, -0.25) is 4.98 Å². The Morgan fingerprint density at radius 3 is 2.60 bits per heavy atom. The van der Waals surface area contributed by atoms with Crippen molar-refractivity contribution in [2.24, 2.45) is 17.3 Å². The van der Waals surface area contributed by atoms with E-state index >= 15 is 0 Å². The molecular weight excluding hydrogens is 551 g/mol. The quantitative estimate of drug-likeness (QED) is 0.230. The molecule has 1 aromatic carbocycles. The van der Waals surface area contributed by atoms with E-state index in [0.717, 1.165) is 35.3 Å². The lowest BCUT2D eigenvalue weighted by atomic mass is 9.48. The smallest absolute Gasteiger partial charge is 0.356 e. The van der Waals surface area contributed by atoms with Crippen molar-refractivity contribution in [3.63, 3.8) is 0 Å². The van der Waals surface area contributed by atoms with Crippen molar-refractivity contribution in [1.29, 1.82) is 0 Å². The van der Waals surface area contributed by atoms with Crippen LogP contribution in [0.5, 0.6) is 5.75 Å². The number of carboxylic acids is 1. The first-order valence-corrected chi connectivity index (χ1v) is 14.2. The Morgan fingerprint density at radius 2 is 1.88 bits per heavy atom. The van der Waals surface area contributed by atoms with Gasteiger partial charge in [-0.2, -0.15) is 0 Å². The van der Waals surface area contributed by atoms with Gasteiger partial charge in [0.25, 0.3) is 0 Å². The van der Waals surface area contributed by atoms with E-state index in [9.17, 15) is 4.79 Å². The number of allylic oxidation sites excluding steroid dienone is 1. The first kappa shape index (κ1) is 25.5. The zero-order valence-electron chi connectivity index (χ0n) is 21.5. The fraction of sp³-hybridized carbons (Fsp3) is 0.367. The lowest BCUT2D eigenvalue weighted by molar-refractivity contribution is -0.0657. The topological polar surface area (TPSA) is 111 Å². The van der Waals surface area contributed by atoms with Gasteiger partial charge in [-0.1, -0.05) is 40.5 Å². The van der Waals surface area contributed by atoms with E-state index in [2.05, 4.69) is 32.5 Å². The summed E-state index contributed by atoms with van der Waals surface area (Å²) in [5.41, 5.74) is 3.31. The van der Waals surface area contributed by atoms with E-state index in [0.29, 0.717) is 56.6 Å². The van der Waals surface area contributed by atoms with Crippen molar-refractivity contribution < 1.29 is 19.2 Å². The zero-order valence-corrected chi connectivity index (χ0v) is 23.0. The lowest BCUT2D eigenvalue weighted by Crippen LogP contribution is -2.48. The van der Waals surface area contributed by atoms with Crippen molar-refractivity contribution in [3.8, 4) is 17.0 Å². The Labute approximate surface area is 240 Å². The van der Waals surface area contributed by atoms with Gasteiger partial charge in [0.2, 0.25) is 0 Å². The van der Waals surface area contributed by atoms with Gasteiger partial charge in [-0.25, -0.2) is 4.79 Å². The molecule has 0 amide bonds. The molecular formula is C30H26Cl2N4O4. The van der Waals surface area contributed by atoms with Crippen molar-refractivity contribution in [2.45, 2.75) is 44.4 Å². The van der Waals surface area contributed by atoms with Crippen LogP contribution < -0.4 is 4.74 Å². The molecule has 1 N–H and O–H groups in total. The highest BCUT2D eigenvalue weighted by Crippen LogP contribution is 2.61. The number of aromatic nitrogens is 4. The summed E-state index contributed by atoms with van der Waals surface area (Å²) < 4.78 is 11.8. The van der Waals surface area contributed by atoms with Gasteiger partial charge in [0.15, 0.2) is 5.69 Å². The van der Waals surface area contributed by atoms with Crippen LogP contribution in [0.15, 0.2) is 47.3 Å². The average molecular weight is 577 g/mol. The SMILES string of the molecule is O=C(O)c1cc2ccc(OCC3CC4(CC(C=Cc5c(-c6c(Cl)cncc6Cl)noc5C5CC5)C4)C3)cc2nn1. The summed E-state index contributed by atoms with van der Waals surface area (Å²) >= 11 is 12.9. The molecule has 0 bridgehead atoms. The number of pyridine rings is 1. The van der Waals surface area contributed by atoms with Gasteiger partial charge in [-0.05, 0) is 74.0 Å². The Bertz CT molecular complexity index is 1630. The third kappa shape index (κ3) is 4.73. The maximum Gasteiger partial charge on any atom is 0.356 e. The van der Waals surface area contributed by atoms with Crippen molar-refractivity contribution in [1.82, 2.24) is 20.3 Å². The van der Waals surface area contributed by atoms with Crippen LogP contribution in [0.3, 0.4) is 0 Å². The number of halogens is 2. The normalized spacial score (nSPS) is 23.9. The molecule has 7 rings (SSSR count). The zero-order chi connectivity index (χ0) is 27.4. The van der Waals surface area contributed by atoms with Crippen LogP contribution in [0.1, 0.15) is 66.3 Å². The van der Waals surface area contributed by atoms with Crippen LogP contribution >= 0.6 is 23.2 Å². The molecule has 0 atom stereocenters. The van der Waals surface area contributed by atoms with Crippen LogP contribution in [0.25, 0.3) is 28.2 Å². The molecule has 0 unspecified atom stereocenters. The largest absolute Gasteiger partial charge is 0.493 e. The standard InChI is InChI=1S/C30H26Cl2N4O4/c31-22-13-33-14-23(32)26(22)27-21(28(40-36-27)18-2-3-18)6-1-16-9-30(10-16)11-17(12-30)15-39-20-5-4-19-7-25(29(37)38)35-34-24(19)8-20/h1,4-8,13-14,16-18H,2-3,9-12,15H2,(H,37,38). The highest BCUT2D eigenvalue weighted by Gasteiger charge is 2.52. The van der Waals surface area contributed by atoms with Crippen LogP contribution in [0.2, 0.25) is 10.0 Å². The Hall–Kier alpha value is -3.49. The minimum atomic E-state index is -1.09. The van der Waals surface area contributed by atoms with Crippen LogP contribution in [0, 0.1) is 17.3 Å². The molecule has 0 aliphatic heterocycles. The number of hydrogen-bond acceptors (Lipinski definition) is 7. The number of hydrogen-bond donors (Lipinski definition) is 1. The predicted molar refractivity (Wildman–Crippen MR) is 151 cm³/mol. The molecule has 3 saturated carbocycles. The van der Waals surface area contributed by atoms with Crippen LogP contribution in [-0.2, 0) is 0 Å². The minimum absolute atomic E-state index is 0.0673. The predicted octanol–water partition coefficient (Wildman–Crippen LogP) is 7.46. The van der Waals surface area contributed by atoms with Gasteiger partial charge in [0.1, 0.15) is 17.2 Å². The molecule has 10 heteroatoms. The van der Waals surface area contributed by atoms with E-state index in [4.69, 9.17) is 37.6 Å². The molecule has 0 saturated heterocycles. The van der Waals surface area contributed by atoms with Crippen LogP contribution in [-0.4, -0.2) is 38.0 Å². The Balaban J connectivity index is 0.955. The number of rotatable bonds is 8. The summed E-state index contributed by atoms with van der Waals surface area (Å²) in [7, 11) is 0. The molecule has 204 valence electrons. The summed E-state index contributed by atoms with van der Waals surface area (Å²) in [4.78, 5) is 15.2.